The van der Waals surface area contributed by atoms with Gasteiger partial charge < -0.3 is 14.9 Å². The van der Waals surface area contributed by atoms with Crippen LogP contribution in [-0.4, -0.2) is 38.4 Å². The summed E-state index contributed by atoms with van der Waals surface area (Å²) in [7, 11) is 1.40. The second-order valence-electron chi connectivity index (χ2n) is 6.04. The minimum Gasteiger partial charge on any atom is -0.495 e. The predicted octanol–water partition coefficient (Wildman–Crippen LogP) is 2.27. The minimum atomic E-state index is -0.673. The lowest BCUT2D eigenvalue weighted by atomic mass is 9.89. The summed E-state index contributed by atoms with van der Waals surface area (Å²) in [6.07, 6.45) is 1.29. The number of carbonyl (C=O) groups excluding carboxylic acids is 2. The van der Waals surface area contributed by atoms with Gasteiger partial charge in [-0.3, -0.25) is 14.2 Å². The summed E-state index contributed by atoms with van der Waals surface area (Å²) in [5.41, 5.74) is -0.165. The molecule has 0 unspecified atom stereocenters. The van der Waals surface area contributed by atoms with Crippen LogP contribution in [-0.2, 0) is 6.54 Å². The van der Waals surface area contributed by atoms with E-state index in [9.17, 15) is 24.2 Å². The fraction of sp³-hybridized carbons (Fsp3) is 0.105. The van der Waals surface area contributed by atoms with Gasteiger partial charge in [-0.15, -0.1) is 0 Å². The van der Waals surface area contributed by atoms with E-state index in [4.69, 9.17) is 4.74 Å². The average molecular weight is 368 g/mol. The van der Waals surface area contributed by atoms with E-state index in [0.29, 0.717) is 5.56 Å². The zero-order chi connectivity index (χ0) is 19.3. The van der Waals surface area contributed by atoms with E-state index in [2.05, 4.69) is 4.98 Å². The standard InChI is InChI=1S/C19H13FN2O5/c1-27-11-6-12-15(21-7-11)17(24)14-13(16(12)23)18(25)22(19(14)26)8-9-2-4-10(20)5-3-9/h2-7,25-26H,8H2,1H3. The number of rotatable bonds is 3. The summed E-state index contributed by atoms with van der Waals surface area (Å²) in [6, 6.07) is 6.76. The number of nitrogens with zero attached hydrogens (tertiary/aromatic N) is 2. The summed E-state index contributed by atoms with van der Waals surface area (Å²) in [6.45, 7) is -0.0569. The molecule has 0 aliphatic heterocycles. The SMILES string of the molecule is COc1cnc2c(c1)C(=O)c1c(c(O)n(Cc3ccc(F)cc3)c1O)C2=O. The predicted molar refractivity (Wildman–Crippen MR) is 90.9 cm³/mol. The maximum absolute atomic E-state index is 13.1. The van der Waals surface area contributed by atoms with Crippen molar-refractivity contribution in [1.82, 2.24) is 9.55 Å². The maximum Gasteiger partial charge on any atom is 0.218 e. The van der Waals surface area contributed by atoms with Gasteiger partial charge in [-0.2, -0.15) is 0 Å². The molecule has 0 fully saturated rings. The topological polar surface area (TPSA) is 102 Å². The van der Waals surface area contributed by atoms with Gasteiger partial charge in [0.15, 0.2) is 0 Å². The number of fused-ring (bicyclic) bond motifs is 2. The lowest BCUT2D eigenvalue weighted by Gasteiger charge is -2.14. The van der Waals surface area contributed by atoms with Crippen molar-refractivity contribution >= 4 is 11.6 Å². The highest BCUT2D eigenvalue weighted by atomic mass is 19.1. The van der Waals surface area contributed by atoms with E-state index >= 15 is 0 Å². The number of aromatic nitrogens is 2. The molecule has 136 valence electrons. The van der Waals surface area contributed by atoms with Crippen LogP contribution in [0.15, 0.2) is 36.5 Å². The van der Waals surface area contributed by atoms with Gasteiger partial charge in [0.05, 0.1) is 31.0 Å². The third kappa shape index (κ3) is 2.45. The summed E-state index contributed by atoms with van der Waals surface area (Å²) < 4.78 is 19.1. The molecule has 0 radical (unpaired) electrons. The van der Waals surface area contributed by atoms with Crippen molar-refractivity contribution in [3.8, 4) is 17.5 Å². The number of benzene rings is 1. The van der Waals surface area contributed by atoms with Crippen LogP contribution in [0.25, 0.3) is 0 Å². The lowest BCUT2D eigenvalue weighted by Crippen LogP contribution is -2.21. The molecular weight excluding hydrogens is 355 g/mol. The van der Waals surface area contributed by atoms with Crippen molar-refractivity contribution in [1.29, 1.82) is 0 Å². The molecule has 7 nitrogen and oxygen atoms in total. The Kier molecular flexibility index (Phi) is 3.69. The average Bonchev–Trinajstić information content (AvgIpc) is 2.92. The van der Waals surface area contributed by atoms with Crippen LogP contribution in [0.5, 0.6) is 17.5 Å². The largest absolute Gasteiger partial charge is 0.495 e. The molecule has 3 aromatic rings. The Balaban J connectivity index is 1.85. The monoisotopic (exact) mass is 368 g/mol. The van der Waals surface area contributed by atoms with Crippen molar-refractivity contribution in [3.63, 3.8) is 0 Å². The number of aromatic hydroxyl groups is 2. The van der Waals surface area contributed by atoms with Crippen molar-refractivity contribution in [3.05, 3.63) is 70.3 Å². The van der Waals surface area contributed by atoms with Gasteiger partial charge in [-0.25, -0.2) is 9.37 Å². The Hall–Kier alpha value is -3.68. The van der Waals surface area contributed by atoms with Gasteiger partial charge in [0.25, 0.3) is 0 Å². The molecule has 0 atom stereocenters. The molecule has 27 heavy (non-hydrogen) atoms. The Bertz CT molecular complexity index is 1100. The van der Waals surface area contributed by atoms with E-state index in [1.165, 1.54) is 43.6 Å². The first-order valence-electron chi connectivity index (χ1n) is 7.94. The molecule has 4 rings (SSSR count). The molecule has 1 aliphatic carbocycles. The van der Waals surface area contributed by atoms with Crippen molar-refractivity contribution < 1.29 is 28.9 Å². The van der Waals surface area contributed by atoms with E-state index in [1.807, 2.05) is 0 Å². The normalized spacial score (nSPS) is 12.7. The lowest BCUT2D eigenvalue weighted by molar-refractivity contribution is 0.0972. The number of pyridine rings is 1. The Labute approximate surface area is 152 Å². The maximum atomic E-state index is 13.1. The zero-order valence-corrected chi connectivity index (χ0v) is 14.1. The van der Waals surface area contributed by atoms with Gasteiger partial charge in [0.2, 0.25) is 23.3 Å². The summed E-state index contributed by atoms with van der Waals surface area (Å²) in [5.74, 6) is -2.55. The second-order valence-corrected chi connectivity index (χ2v) is 6.04. The van der Waals surface area contributed by atoms with Crippen molar-refractivity contribution in [2.75, 3.05) is 7.11 Å². The van der Waals surface area contributed by atoms with E-state index in [0.717, 1.165) is 4.57 Å². The molecular formula is C19H13FN2O5. The van der Waals surface area contributed by atoms with E-state index in [-0.39, 0.29) is 34.7 Å². The first kappa shape index (κ1) is 16.8. The van der Waals surface area contributed by atoms with Crippen LogP contribution < -0.4 is 4.74 Å². The van der Waals surface area contributed by atoms with Gasteiger partial charge in [0.1, 0.15) is 22.8 Å². The number of ketones is 2. The second kappa shape index (κ2) is 5.94. The minimum absolute atomic E-state index is 0.0129. The third-order valence-corrected chi connectivity index (χ3v) is 4.47. The third-order valence-electron chi connectivity index (χ3n) is 4.47. The highest BCUT2D eigenvalue weighted by molar-refractivity contribution is 6.29. The molecule has 2 N–H and O–H groups in total. The summed E-state index contributed by atoms with van der Waals surface area (Å²) in [4.78, 5) is 29.5. The van der Waals surface area contributed by atoms with Crippen molar-refractivity contribution in [2.24, 2.45) is 0 Å². The molecule has 0 amide bonds. The number of hydrogen-bond donors (Lipinski definition) is 2. The fourth-order valence-corrected chi connectivity index (χ4v) is 3.11. The Morgan fingerprint density at radius 1 is 1.07 bits per heavy atom. The molecule has 0 spiro atoms. The molecule has 2 aromatic heterocycles. The van der Waals surface area contributed by atoms with Gasteiger partial charge in [-0.1, -0.05) is 12.1 Å². The smallest absolute Gasteiger partial charge is 0.218 e. The Morgan fingerprint density at radius 2 is 1.70 bits per heavy atom. The Morgan fingerprint density at radius 3 is 2.33 bits per heavy atom. The highest BCUT2D eigenvalue weighted by Gasteiger charge is 2.39. The fourth-order valence-electron chi connectivity index (χ4n) is 3.11. The van der Waals surface area contributed by atoms with Gasteiger partial charge >= 0.3 is 0 Å². The van der Waals surface area contributed by atoms with Crippen LogP contribution >= 0.6 is 0 Å². The molecule has 2 heterocycles. The number of methoxy groups -OCH3 is 1. The first-order chi connectivity index (χ1) is 12.9. The van der Waals surface area contributed by atoms with Gasteiger partial charge in [-0.05, 0) is 23.8 Å². The first-order valence-corrected chi connectivity index (χ1v) is 7.94. The van der Waals surface area contributed by atoms with Crippen LogP contribution in [0.4, 0.5) is 4.39 Å². The van der Waals surface area contributed by atoms with Crippen LogP contribution in [0.1, 0.15) is 37.5 Å². The number of hydrogen-bond acceptors (Lipinski definition) is 6. The summed E-state index contributed by atoms with van der Waals surface area (Å²) >= 11 is 0. The highest BCUT2D eigenvalue weighted by Crippen LogP contribution is 2.41. The molecule has 0 saturated heterocycles. The van der Waals surface area contributed by atoms with Gasteiger partial charge in [0, 0.05) is 0 Å². The van der Waals surface area contributed by atoms with Crippen LogP contribution in [0, 0.1) is 5.82 Å². The quantitative estimate of drug-likeness (QED) is 0.575. The number of carbonyl (C=O) groups is 2. The summed E-state index contributed by atoms with van der Waals surface area (Å²) in [5, 5.41) is 21.0. The number of ether oxygens (including phenoxy) is 1. The molecule has 1 aliphatic rings. The molecule has 0 saturated carbocycles. The molecule has 8 heteroatoms. The number of halogens is 1. The molecule has 1 aromatic carbocycles. The van der Waals surface area contributed by atoms with Crippen LogP contribution in [0.3, 0.4) is 0 Å². The van der Waals surface area contributed by atoms with E-state index in [1.54, 1.807) is 0 Å². The zero-order valence-electron chi connectivity index (χ0n) is 14.1. The van der Waals surface area contributed by atoms with Crippen molar-refractivity contribution in [2.45, 2.75) is 6.54 Å². The van der Waals surface area contributed by atoms with E-state index < -0.39 is 29.1 Å². The molecule has 0 bridgehead atoms. The van der Waals surface area contributed by atoms with Crippen LogP contribution in [0.2, 0.25) is 0 Å².